The van der Waals surface area contributed by atoms with Gasteiger partial charge in [-0.2, -0.15) is 5.26 Å². The van der Waals surface area contributed by atoms with E-state index in [0.29, 0.717) is 5.56 Å². The molecule has 0 amide bonds. The molecule has 0 saturated carbocycles. The molecule has 42 valence electrons. The Morgan fingerprint density at radius 2 is 2.38 bits per heavy atom. The molecule has 3 heteroatoms. The lowest BCUT2D eigenvalue weighted by Crippen LogP contribution is -1.54. The molecular formula is C5H4ClNO. The Morgan fingerprint density at radius 3 is 2.62 bits per heavy atom. The minimum atomic E-state index is 0. The predicted octanol–water partition coefficient (Wildman–Crippen LogP) is 1.57. The lowest BCUT2D eigenvalue weighted by atomic mass is 10.4. The van der Waals surface area contributed by atoms with E-state index in [1.165, 1.54) is 12.5 Å². The standard InChI is InChI=1S/C5H3NO.ClH/c6-3-5-1-2-7-4-5;/h1-2,4H;1H. The van der Waals surface area contributed by atoms with Gasteiger partial charge in [0.15, 0.2) is 0 Å². The first kappa shape index (κ1) is 7.06. The number of nitrogens with zero attached hydrogens (tertiary/aromatic N) is 1. The van der Waals surface area contributed by atoms with Crippen molar-refractivity contribution in [2.24, 2.45) is 0 Å². The fraction of sp³-hybridized carbons (Fsp3) is 0. The fourth-order valence-corrected chi connectivity index (χ4v) is 0.328. The molecule has 0 aliphatic heterocycles. The van der Waals surface area contributed by atoms with Crippen LogP contribution >= 0.6 is 12.4 Å². The highest BCUT2D eigenvalue weighted by atomic mass is 35.5. The Balaban J connectivity index is 0.000000490. The number of furan rings is 1. The molecule has 1 aromatic heterocycles. The number of halogens is 1. The number of hydrogen-bond donors (Lipinski definition) is 0. The van der Waals surface area contributed by atoms with Gasteiger partial charge in [0.1, 0.15) is 12.3 Å². The normalized spacial score (nSPS) is 6.88. The van der Waals surface area contributed by atoms with Crippen molar-refractivity contribution in [2.75, 3.05) is 0 Å². The first-order valence-corrected chi connectivity index (χ1v) is 1.86. The average Bonchev–Trinajstić information content (AvgIpc) is 2.14. The van der Waals surface area contributed by atoms with Gasteiger partial charge in [-0.3, -0.25) is 0 Å². The summed E-state index contributed by atoms with van der Waals surface area (Å²) in [5.74, 6) is 0. The lowest BCUT2D eigenvalue weighted by Gasteiger charge is -1.60. The summed E-state index contributed by atoms with van der Waals surface area (Å²) >= 11 is 0. The van der Waals surface area contributed by atoms with Gasteiger partial charge in [-0.25, -0.2) is 0 Å². The predicted molar refractivity (Wildman–Crippen MR) is 30.7 cm³/mol. The maximum atomic E-state index is 8.12. The first-order valence-electron chi connectivity index (χ1n) is 1.86. The van der Waals surface area contributed by atoms with Crippen molar-refractivity contribution in [1.29, 1.82) is 5.26 Å². The molecule has 2 nitrogen and oxygen atoms in total. The summed E-state index contributed by atoms with van der Waals surface area (Å²) < 4.78 is 4.58. The van der Waals surface area contributed by atoms with E-state index in [1.54, 1.807) is 6.07 Å². The Hall–Kier alpha value is -0.940. The van der Waals surface area contributed by atoms with Crippen LogP contribution < -0.4 is 0 Å². The van der Waals surface area contributed by atoms with E-state index in [1.807, 2.05) is 6.07 Å². The Kier molecular flexibility index (Phi) is 2.75. The van der Waals surface area contributed by atoms with Crippen molar-refractivity contribution in [3.8, 4) is 6.07 Å². The molecule has 0 saturated heterocycles. The van der Waals surface area contributed by atoms with E-state index in [0.717, 1.165) is 0 Å². The molecule has 0 aliphatic carbocycles. The van der Waals surface area contributed by atoms with Crippen LogP contribution in [0.1, 0.15) is 5.56 Å². The van der Waals surface area contributed by atoms with E-state index < -0.39 is 0 Å². The molecule has 0 fully saturated rings. The SMILES string of the molecule is Cl.N#Cc1ccoc1. The van der Waals surface area contributed by atoms with Crippen molar-refractivity contribution >= 4 is 12.4 Å². The Bertz CT molecular complexity index is 175. The molecule has 0 spiro atoms. The highest BCUT2D eigenvalue weighted by Gasteiger charge is 1.83. The van der Waals surface area contributed by atoms with E-state index in [2.05, 4.69) is 4.42 Å². The summed E-state index contributed by atoms with van der Waals surface area (Å²) in [4.78, 5) is 0. The molecule has 8 heavy (non-hydrogen) atoms. The summed E-state index contributed by atoms with van der Waals surface area (Å²) in [5.41, 5.74) is 0.569. The van der Waals surface area contributed by atoms with E-state index in [-0.39, 0.29) is 12.4 Å². The minimum absolute atomic E-state index is 0. The Morgan fingerprint density at radius 1 is 1.62 bits per heavy atom. The van der Waals surface area contributed by atoms with E-state index in [4.69, 9.17) is 5.26 Å². The minimum Gasteiger partial charge on any atom is -0.471 e. The second-order valence-electron chi connectivity index (χ2n) is 1.12. The van der Waals surface area contributed by atoms with Crippen molar-refractivity contribution in [2.45, 2.75) is 0 Å². The first-order chi connectivity index (χ1) is 3.43. The zero-order chi connectivity index (χ0) is 5.11. The van der Waals surface area contributed by atoms with Gasteiger partial charge in [0.05, 0.1) is 11.8 Å². The molecule has 0 radical (unpaired) electrons. The van der Waals surface area contributed by atoms with Crippen LogP contribution in [0.3, 0.4) is 0 Å². The van der Waals surface area contributed by atoms with Gasteiger partial charge in [-0.15, -0.1) is 12.4 Å². The van der Waals surface area contributed by atoms with Gasteiger partial charge >= 0.3 is 0 Å². The zero-order valence-corrected chi connectivity index (χ0v) is 4.81. The lowest BCUT2D eigenvalue weighted by molar-refractivity contribution is 0.566. The van der Waals surface area contributed by atoms with Gasteiger partial charge in [-0.1, -0.05) is 0 Å². The van der Waals surface area contributed by atoms with Gasteiger partial charge in [-0.05, 0) is 6.07 Å². The molecular weight excluding hydrogens is 126 g/mol. The third-order valence-electron chi connectivity index (χ3n) is 0.650. The second-order valence-corrected chi connectivity index (χ2v) is 1.12. The third-order valence-corrected chi connectivity index (χ3v) is 0.650. The third kappa shape index (κ3) is 1.28. The molecule has 1 aromatic rings. The van der Waals surface area contributed by atoms with Gasteiger partial charge in [0.2, 0.25) is 0 Å². The van der Waals surface area contributed by atoms with Crippen molar-refractivity contribution in [1.82, 2.24) is 0 Å². The number of nitriles is 1. The van der Waals surface area contributed by atoms with Gasteiger partial charge in [0, 0.05) is 0 Å². The Labute approximate surface area is 53.1 Å². The van der Waals surface area contributed by atoms with Crippen LogP contribution in [-0.2, 0) is 0 Å². The van der Waals surface area contributed by atoms with Gasteiger partial charge in [0.25, 0.3) is 0 Å². The van der Waals surface area contributed by atoms with Crippen molar-refractivity contribution < 1.29 is 4.42 Å². The number of rotatable bonds is 0. The maximum Gasteiger partial charge on any atom is 0.108 e. The summed E-state index contributed by atoms with van der Waals surface area (Å²) in [7, 11) is 0. The van der Waals surface area contributed by atoms with Crippen LogP contribution in [0.5, 0.6) is 0 Å². The van der Waals surface area contributed by atoms with Gasteiger partial charge < -0.3 is 4.42 Å². The van der Waals surface area contributed by atoms with Crippen molar-refractivity contribution in [3.63, 3.8) is 0 Å². The molecule has 0 atom stereocenters. The summed E-state index contributed by atoms with van der Waals surface area (Å²) in [5, 5.41) is 8.12. The molecule has 0 bridgehead atoms. The smallest absolute Gasteiger partial charge is 0.108 e. The highest BCUT2D eigenvalue weighted by molar-refractivity contribution is 5.85. The van der Waals surface area contributed by atoms with Crippen LogP contribution in [0.15, 0.2) is 23.0 Å². The molecule has 1 heterocycles. The van der Waals surface area contributed by atoms with Crippen LogP contribution in [0.25, 0.3) is 0 Å². The molecule has 0 aliphatic rings. The topological polar surface area (TPSA) is 36.9 Å². The molecule has 0 N–H and O–H groups in total. The summed E-state index contributed by atoms with van der Waals surface area (Å²) in [6, 6.07) is 3.52. The second kappa shape index (κ2) is 3.11. The molecule has 0 aromatic carbocycles. The van der Waals surface area contributed by atoms with Crippen LogP contribution in [0.4, 0.5) is 0 Å². The van der Waals surface area contributed by atoms with Crippen LogP contribution in [0, 0.1) is 11.3 Å². The number of hydrogen-bond acceptors (Lipinski definition) is 2. The molecule has 0 unspecified atom stereocenters. The summed E-state index contributed by atoms with van der Waals surface area (Å²) in [6.45, 7) is 0. The quantitative estimate of drug-likeness (QED) is 0.533. The van der Waals surface area contributed by atoms with Crippen LogP contribution in [0.2, 0.25) is 0 Å². The van der Waals surface area contributed by atoms with Crippen LogP contribution in [-0.4, -0.2) is 0 Å². The largest absolute Gasteiger partial charge is 0.471 e. The van der Waals surface area contributed by atoms with Crippen molar-refractivity contribution in [3.05, 3.63) is 24.2 Å². The highest BCUT2D eigenvalue weighted by Crippen LogP contribution is 1.94. The van der Waals surface area contributed by atoms with E-state index in [9.17, 15) is 0 Å². The average molecular weight is 130 g/mol. The maximum absolute atomic E-state index is 8.12. The zero-order valence-electron chi connectivity index (χ0n) is 4.00. The molecule has 1 rings (SSSR count). The fourth-order valence-electron chi connectivity index (χ4n) is 0.328. The van der Waals surface area contributed by atoms with E-state index >= 15 is 0 Å². The summed E-state index contributed by atoms with van der Waals surface area (Å²) in [6.07, 6.45) is 2.87. The monoisotopic (exact) mass is 129 g/mol.